The fourth-order valence-electron chi connectivity index (χ4n) is 3.73. The topological polar surface area (TPSA) is 83.9 Å². The Bertz CT molecular complexity index is 850. The van der Waals surface area contributed by atoms with Gasteiger partial charge < -0.3 is 9.84 Å². The van der Waals surface area contributed by atoms with Crippen molar-refractivity contribution in [3.05, 3.63) is 39.2 Å². The Morgan fingerprint density at radius 3 is 2.40 bits per heavy atom. The molecule has 0 saturated carbocycles. The van der Waals surface area contributed by atoms with Crippen LogP contribution in [0.1, 0.15) is 42.9 Å². The van der Waals surface area contributed by atoms with E-state index in [9.17, 15) is 23.9 Å². The Morgan fingerprint density at radius 1 is 1.24 bits per heavy atom. The van der Waals surface area contributed by atoms with Gasteiger partial charge in [-0.15, -0.1) is 0 Å². The van der Waals surface area contributed by atoms with Gasteiger partial charge in [0.05, 0.1) is 17.3 Å². The van der Waals surface area contributed by atoms with E-state index in [2.05, 4.69) is 0 Å². The van der Waals surface area contributed by atoms with Crippen LogP contribution in [0.25, 0.3) is 0 Å². The molecule has 2 heterocycles. The van der Waals surface area contributed by atoms with Crippen LogP contribution < -0.4 is 4.90 Å². The average molecular weight is 366 g/mol. The third-order valence-electron chi connectivity index (χ3n) is 4.84. The van der Waals surface area contributed by atoms with Gasteiger partial charge in [-0.25, -0.2) is 14.1 Å². The van der Waals surface area contributed by atoms with E-state index in [1.807, 2.05) is 0 Å². The molecule has 0 bridgehead atoms. The minimum Gasteiger partial charge on any atom is -0.479 e. The molecule has 130 valence electrons. The molecule has 6 nitrogen and oxygen atoms in total. The Morgan fingerprint density at radius 2 is 1.84 bits per heavy atom. The van der Waals surface area contributed by atoms with Gasteiger partial charge in [0.15, 0.2) is 6.10 Å². The third-order valence-corrected chi connectivity index (χ3v) is 5.16. The predicted octanol–water partition coefficient (Wildman–Crippen LogP) is 2.88. The molecule has 1 atom stereocenters. The lowest BCUT2D eigenvalue weighted by atomic mass is 9.93. The molecular formula is C17H13ClFNO5. The van der Waals surface area contributed by atoms with Gasteiger partial charge in [0.1, 0.15) is 5.82 Å². The largest absolute Gasteiger partial charge is 0.479 e. The first-order valence-electron chi connectivity index (χ1n) is 7.87. The van der Waals surface area contributed by atoms with Crippen LogP contribution in [0.15, 0.2) is 17.2 Å². The molecule has 25 heavy (non-hydrogen) atoms. The summed E-state index contributed by atoms with van der Waals surface area (Å²) < 4.78 is 19.9. The van der Waals surface area contributed by atoms with E-state index in [-0.39, 0.29) is 28.4 Å². The van der Waals surface area contributed by atoms with Crippen LogP contribution in [0.5, 0.6) is 0 Å². The van der Waals surface area contributed by atoms with Crippen LogP contribution in [0, 0.1) is 5.82 Å². The maximum Gasteiger partial charge on any atom is 0.337 e. The molecule has 1 aromatic carbocycles. The lowest BCUT2D eigenvalue weighted by Crippen LogP contribution is -2.33. The lowest BCUT2D eigenvalue weighted by Gasteiger charge is -2.20. The molecule has 0 fully saturated rings. The number of carbonyl (C=O) groups is 3. The Balaban J connectivity index is 1.87. The second kappa shape index (κ2) is 5.64. The average Bonchev–Trinajstić information content (AvgIpc) is 3.11. The van der Waals surface area contributed by atoms with E-state index in [0.717, 1.165) is 23.8 Å². The van der Waals surface area contributed by atoms with Crippen LogP contribution >= 0.6 is 11.6 Å². The summed E-state index contributed by atoms with van der Waals surface area (Å²) in [7, 11) is 0. The number of nitrogens with zero attached hydrogens (tertiary/aromatic N) is 1. The van der Waals surface area contributed by atoms with E-state index >= 15 is 0 Å². The number of imide groups is 1. The SMILES string of the molecule is O=C(O)C1OCc2c1c(Cl)cc(F)c2N1C(=O)C2=C(CCCC2)C1=O. The molecule has 1 N–H and O–H groups in total. The van der Waals surface area contributed by atoms with Gasteiger partial charge in [-0.05, 0) is 31.7 Å². The summed E-state index contributed by atoms with van der Waals surface area (Å²) >= 11 is 6.00. The lowest BCUT2D eigenvalue weighted by molar-refractivity contribution is -0.150. The number of anilines is 1. The first-order valence-corrected chi connectivity index (χ1v) is 8.25. The van der Waals surface area contributed by atoms with Gasteiger partial charge in [-0.1, -0.05) is 11.6 Å². The molecular weight excluding hydrogens is 353 g/mol. The highest BCUT2D eigenvalue weighted by Gasteiger charge is 2.44. The molecule has 0 saturated heterocycles. The van der Waals surface area contributed by atoms with Crippen LogP contribution in [0.2, 0.25) is 5.02 Å². The van der Waals surface area contributed by atoms with E-state index in [1.54, 1.807) is 0 Å². The summed E-state index contributed by atoms with van der Waals surface area (Å²) in [6.07, 6.45) is 1.23. The molecule has 8 heteroatoms. The van der Waals surface area contributed by atoms with Crippen molar-refractivity contribution in [1.29, 1.82) is 0 Å². The summed E-state index contributed by atoms with van der Waals surface area (Å²) in [4.78, 5) is 37.5. The summed E-state index contributed by atoms with van der Waals surface area (Å²) in [5, 5.41) is 9.15. The first-order chi connectivity index (χ1) is 11.9. The number of benzene rings is 1. The number of rotatable bonds is 2. The highest BCUT2D eigenvalue weighted by molar-refractivity contribution is 6.34. The number of ether oxygens (including phenoxy) is 1. The van der Waals surface area contributed by atoms with Crippen molar-refractivity contribution in [2.75, 3.05) is 4.90 Å². The van der Waals surface area contributed by atoms with Gasteiger partial charge in [0, 0.05) is 22.3 Å². The molecule has 4 rings (SSSR count). The monoisotopic (exact) mass is 365 g/mol. The standard InChI is InChI=1S/C17H13ClFNO5/c18-10-5-11(19)13(9-6-25-14(12(9)10)17(23)24)20-15(21)7-3-1-2-4-8(7)16(20)22/h5,14H,1-4,6H2,(H,23,24). The van der Waals surface area contributed by atoms with Gasteiger partial charge in [0.25, 0.3) is 11.8 Å². The normalized spacial score (nSPS) is 22.5. The maximum atomic E-state index is 14.7. The number of carboxylic acids is 1. The van der Waals surface area contributed by atoms with Crippen molar-refractivity contribution in [3.8, 4) is 0 Å². The van der Waals surface area contributed by atoms with Gasteiger partial charge >= 0.3 is 5.97 Å². The molecule has 1 aliphatic carbocycles. The Labute approximate surface area is 146 Å². The van der Waals surface area contributed by atoms with Gasteiger partial charge in [0.2, 0.25) is 0 Å². The quantitative estimate of drug-likeness (QED) is 0.815. The van der Waals surface area contributed by atoms with Crippen molar-refractivity contribution >= 4 is 35.1 Å². The maximum absolute atomic E-state index is 14.7. The van der Waals surface area contributed by atoms with Crippen molar-refractivity contribution in [1.82, 2.24) is 0 Å². The van der Waals surface area contributed by atoms with E-state index in [4.69, 9.17) is 16.3 Å². The second-order valence-electron chi connectivity index (χ2n) is 6.22. The van der Waals surface area contributed by atoms with Crippen LogP contribution in [0.3, 0.4) is 0 Å². The first kappa shape index (κ1) is 16.2. The van der Waals surface area contributed by atoms with Gasteiger partial charge in [-0.2, -0.15) is 0 Å². The number of hydrogen-bond acceptors (Lipinski definition) is 4. The summed E-state index contributed by atoms with van der Waals surface area (Å²) in [5.41, 5.74) is 0.837. The van der Waals surface area contributed by atoms with Crippen molar-refractivity contribution in [2.45, 2.75) is 38.4 Å². The van der Waals surface area contributed by atoms with Gasteiger partial charge in [-0.3, -0.25) is 9.59 Å². The fourth-order valence-corrected chi connectivity index (χ4v) is 4.04. The number of aliphatic carboxylic acids is 1. The number of fused-ring (bicyclic) bond motifs is 1. The number of carbonyl (C=O) groups excluding carboxylic acids is 2. The zero-order chi connectivity index (χ0) is 17.9. The molecule has 1 aromatic rings. The highest BCUT2D eigenvalue weighted by Crippen LogP contribution is 2.45. The number of halogens is 2. The van der Waals surface area contributed by atoms with E-state index < -0.39 is 29.7 Å². The van der Waals surface area contributed by atoms with Crippen LogP contribution in [-0.4, -0.2) is 22.9 Å². The molecule has 0 radical (unpaired) electrons. The van der Waals surface area contributed by atoms with Crippen molar-refractivity contribution in [3.63, 3.8) is 0 Å². The molecule has 2 amide bonds. The minimum absolute atomic E-state index is 0.0936. The molecule has 2 aliphatic heterocycles. The van der Waals surface area contributed by atoms with Crippen molar-refractivity contribution < 1.29 is 28.6 Å². The molecule has 0 aromatic heterocycles. The molecule has 0 spiro atoms. The predicted molar refractivity (Wildman–Crippen MR) is 84.6 cm³/mol. The summed E-state index contributed by atoms with van der Waals surface area (Å²) in [5.74, 6) is -3.20. The molecule has 1 unspecified atom stereocenters. The minimum atomic E-state index is -1.35. The zero-order valence-corrected chi connectivity index (χ0v) is 13.7. The number of hydrogen-bond donors (Lipinski definition) is 1. The number of carboxylic acid groups (broad SMARTS) is 1. The zero-order valence-electron chi connectivity index (χ0n) is 13.0. The van der Waals surface area contributed by atoms with E-state index in [1.165, 1.54) is 0 Å². The summed E-state index contributed by atoms with van der Waals surface area (Å²) in [6, 6.07) is 0.929. The highest BCUT2D eigenvalue weighted by atomic mass is 35.5. The van der Waals surface area contributed by atoms with E-state index in [0.29, 0.717) is 24.0 Å². The van der Waals surface area contributed by atoms with Crippen molar-refractivity contribution in [2.24, 2.45) is 0 Å². The van der Waals surface area contributed by atoms with Crippen LogP contribution in [0.4, 0.5) is 10.1 Å². The number of amides is 2. The molecule has 3 aliphatic rings. The fraction of sp³-hybridized carbons (Fsp3) is 0.353. The summed E-state index contributed by atoms with van der Waals surface area (Å²) in [6.45, 7) is -0.235. The third kappa shape index (κ3) is 2.22. The smallest absolute Gasteiger partial charge is 0.337 e. The Hall–Kier alpha value is -2.25. The van der Waals surface area contributed by atoms with Crippen LogP contribution in [-0.2, 0) is 25.7 Å². The second-order valence-corrected chi connectivity index (χ2v) is 6.63. The Kier molecular flexibility index (Phi) is 3.66.